The molecular weight excluding hydrogens is 1370 g/mol. The monoisotopic (exact) mass is 1430 g/mol. The second-order valence-electron chi connectivity index (χ2n) is 29.0. The Bertz CT molecular complexity index is 6890. The van der Waals surface area contributed by atoms with Crippen LogP contribution in [0.25, 0.3) is 87.9 Å². The average Bonchev–Trinajstić information content (AvgIpc) is 1.56. The maximum absolute atomic E-state index is 7.02. The number of pyridine rings is 1. The summed E-state index contributed by atoms with van der Waals surface area (Å²) in [5.41, 5.74) is 30.2. The van der Waals surface area contributed by atoms with Gasteiger partial charge in [-0.25, -0.2) is 4.98 Å². The molecule has 0 bridgehead atoms. The number of aromatic nitrogens is 1. The maximum Gasteiger partial charge on any atom is 0.290 e. The minimum atomic E-state index is -0.184. The van der Waals surface area contributed by atoms with E-state index in [1.54, 1.807) is 0 Å². The van der Waals surface area contributed by atoms with Gasteiger partial charge in [0.25, 0.3) is 26.9 Å². The Kier molecular flexibility index (Phi) is 15.5. The quantitative estimate of drug-likeness (QED) is 0.0991. The van der Waals surface area contributed by atoms with Crippen LogP contribution in [0.4, 0.5) is 34.1 Å². The van der Waals surface area contributed by atoms with Gasteiger partial charge in [-0.1, -0.05) is 294 Å². The first kappa shape index (κ1) is 64.5. The summed E-state index contributed by atoms with van der Waals surface area (Å²) in [5.74, 6) is 0. The molecule has 0 radical (unpaired) electrons. The largest absolute Gasteiger partial charge is 0.471 e. The Morgan fingerprint density at radius 3 is 1.12 bits per heavy atom. The molecule has 5 aromatic heterocycles. The molecule has 8 heterocycles. The summed E-state index contributed by atoms with van der Waals surface area (Å²) in [4.78, 5) is 12.3. The highest BCUT2D eigenvalue weighted by atomic mass is 32.2. The van der Waals surface area contributed by atoms with Gasteiger partial charge >= 0.3 is 0 Å². The van der Waals surface area contributed by atoms with E-state index in [9.17, 15) is 0 Å². The molecule has 7 nitrogen and oxygen atoms in total. The molecule has 20 aromatic rings. The van der Waals surface area contributed by atoms with E-state index in [0.29, 0.717) is 0 Å². The number of furan rings is 4. The van der Waals surface area contributed by atoms with Crippen molar-refractivity contribution in [3.63, 3.8) is 0 Å². The number of hydrogen-bond acceptors (Lipinski definition) is 8. The van der Waals surface area contributed by atoms with Crippen LogP contribution in [0.1, 0.15) is 0 Å². The van der Waals surface area contributed by atoms with Crippen molar-refractivity contribution >= 4 is 205 Å². The summed E-state index contributed by atoms with van der Waals surface area (Å²) in [6.45, 7) is -0.676. The standard InChI is InChI=1S/C52H33B2NO2S.C47H30B2N2O2/c1-2-13-34(14-3-1)36-15-12-16-37(33-36)35-25-27-38(28-26-35)53-49-41-17-4-8-21-45(41)57-52(49)54(50-42-18-5-9-22-46(42)56-51(50)53)39-29-31-40(32-30-39)55-43-19-6-10-23-47(43)58-48-24-11-7-20-44(48)55;1-3-14-35(15-4-1)51(36-16-5-2-6-17-36)37-27-25-33(26-28-37)48-44-38-18-8-11-21-42(38)53-47(44)49(45-39-19-9-12-22-43(39)52-46(45)48)34-24-23-32-29-31-13-7-10-20-40(31)50-41(32)30-34/h1-33H;1-30H. The predicted octanol–water partition coefficient (Wildman–Crippen LogP) is 17.5. The number of nitrogens with zero attached hydrogens (tertiary/aromatic N) is 3. The number of para-hydroxylation sites is 9. The first-order valence-corrected chi connectivity index (χ1v) is 38.7. The Labute approximate surface area is 647 Å². The molecule has 0 saturated carbocycles. The molecule has 0 fully saturated rings. The number of anilines is 6. The molecule has 12 heteroatoms. The van der Waals surface area contributed by atoms with E-state index in [-0.39, 0.29) is 26.9 Å². The van der Waals surface area contributed by atoms with Crippen LogP contribution in [0, 0.1) is 0 Å². The fourth-order valence-corrected chi connectivity index (χ4v) is 18.8. The predicted molar refractivity (Wildman–Crippen MR) is 466 cm³/mol. The molecule has 23 rings (SSSR count). The highest BCUT2D eigenvalue weighted by Gasteiger charge is 2.49. The normalized spacial score (nSPS) is 12.7. The van der Waals surface area contributed by atoms with Gasteiger partial charge < -0.3 is 27.5 Å². The summed E-state index contributed by atoms with van der Waals surface area (Å²) < 4.78 is 28.0. The van der Waals surface area contributed by atoms with E-state index >= 15 is 0 Å². The van der Waals surface area contributed by atoms with Gasteiger partial charge in [0, 0.05) is 64.9 Å². The number of hydrogen-bond donors (Lipinski definition) is 0. The van der Waals surface area contributed by atoms with Crippen molar-refractivity contribution in [1.82, 2.24) is 4.98 Å². The van der Waals surface area contributed by atoms with E-state index in [1.807, 2.05) is 17.8 Å². The van der Waals surface area contributed by atoms with Crippen molar-refractivity contribution in [2.45, 2.75) is 9.79 Å². The molecular formula is C99H63B4N3O4S. The summed E-state index contributed by atoms with van der Waals surface area (Å²) in [7, 11) is 0. The number of benzene rings is 15. The third kappa shape index (κ3) is 10.9. The molecule has 3 aliphatic rings. The molecule has 0 aliphatic carbocycles. The molecule has 15 aromatic carbocycles. The lowest BCUT2D eigenvalue weighted by Gasteiger charge is -2.33. The Morgan fingerprint density at radius 2 is 0.622 bits per heavy atom. The zero-order valence-corrected chi connectivity index (χ0v) is 60.9. The Hall–Kier alpha value is -13.7. The zero-order chi connectivity index (χ0) is 73.0. The van der Waals surface area contributed by atoms with Crippen molar-refractivity contribution < 1.29 is 17.7 Å². The van der Waals surface area contributed by atoms with Gasteiger partial charge in [-0.05, 0) is 165 Å². The minimum absolute atomic E-state index is 0.153. The van der Waals surface area contributed by atoms with E-state index in [4.69, 9.17) is 22.7 Å². The Morgan fingerprint density at radius 1 is 0.261 bits per heavy atom. The van der Waals surface area contributed by atoms with Gasteiger partial charge in [-0.3, -0.25) is 0 Å². The van der Waals surface area contributed by atoms with E-state index in [2.05, 4.69) is 386 Å². The fourth-order valence-electron chi connectivity index (χ4n) is 17.7. The lowest BCUT2D eigenvalue weighted by Crippen LogP contribution is -2.73. The first-order chi connectivity index (χ1) is 55.0. The van der Waals surface area contributed by atoms with Crippen molar-refractivity contribution in [2.24, 2.45) is 0 Å². The van der Waals surface area contributed by atoms with Crippen LogP contribution >= 0.6 is 11.8 Å². The summed E-state index contributed by atoms with van der Waals surface area (Å²) in [6.07, 6.45) is 0. The van der Waals surface area contributed by atoms with Gasteiger partial charge in [0.05, 0.1) is 45.0 Å². The van der Waals surface area contributed by atoms with Crippen LogP contribution in [-0.4, -0.2) is 31.8 Å². The van der Waals surface area contributed by atoms with E-state index < -0.39 is 0 Å². The SMILES string of the molecule is c1ccc(-c2cccc(-c3ccc(B4c5oc6ccccc6c5B(c5ccc(N6c7ccccc7Sc7ccccc76)cc5)c5oc6ccccc6c54)cc3)c2)cc1.c1ccc(N(c2ccccc2)c2ccc(B3c4oc5ccccc5c4B(c4ccc5cc6ccccc6nc5c4)c4oc5ccccc5c43)cc2)cc1. The van der Waals surface area contributed by atoms with Crippen molar-refractivity contribution in [1.29, 1.82) is 0 Å². The maximum atomic E-state index is 7.02. The van der Waals surface area contributed by atoms with Crippen molar-refractivity contribution in [3.05, 3.63) is 382 Å². The second-order valence-corrected chi connectivity index (χ2v) is 30.1. The molecule has 0 amide bonds. The molecule has 111 heavy (non-hydrogen) atoms. The zero-order valence-electron chi connectivity index (χ0n) is 60.1. The highest BCUT2D eigenvalue weighted by Crippen LogP contribution is 2.51. The summed E-state index contributed by atoms with van der Waals surface area (Å²) >= 11 is 1.83. The van der Waals surface area contributed by atoms with Crippen LogP contribution in [-0.2, 0) is 0 Å². The van der Waals surface area contributed by atoms with Gasteiger partial charge in [0.1, 0.15) is 22.3 Å². The lowest BCUT2D eigenvalue weighted by molar-refractivity contribution is 0.647. The number of fused-ring (bicyclic) bond motifs is 16. The average molecular weight is 1430 g/mol. The highest BCUT2D eigenvalue weighted by molar-refractivity contribution is 7.99. The van der Waals surface area contributed by atoms with Crippen molar-refractivity contribution in [3.8, 4) is 22.3 Å². The number of rotatable bonds is 10. The lowest BCUT2D eigenvalue weighted by atomic mass is 9.24. The first-order valence-electron chi connectivity index (χ1n) is 37.9. The van der Waals surface area contributed by atoms with E-state index in [1.165, 1.54) is 59.8 Å². The van der Waals surface area contributed by atoms with E-state index in [0.717, 1.165) is 138 Å². The van der Waals surface area contributed by atoms with Crippen LogP contribution in [0.2, 0.25) is 0 Å². The van der Waals surface area contributed by atoms with Crippen LogP contribution in [0.15, 0.2) is 410 Å². The van der Waals surface area contributed by atoms with Crippen LogP contribution in [0.3, 0.4) is 0 Å². The Balaban J connectivity index is 0.000000137. The third-order valence-electron chi connectivity index (χ3n) is 22.7. The van der Waals surface area contributed by atoms with Gasteiger partial charge in [-0.2, -0.15) is 0 Å². The third-order valence-corrected chi connectivity index (χ3v) is 23.8. The van der Waals surface area contributed by atoms with Crippen molar-refractivity contribution in [2.75, 3.05) is 9.80 Å². The van der Waals surface area contributed by atoms with Gasteiger partial charge in [0.2, 0.25) is 0 Å². The topological polar surface area (TPSA) is 71.9 Å². The molecule has 0 N–H and O–H groups in total. The van der Waals surface area contributed by atoms with Crippen LogP contribution in [0.5, 0.6) is 0 Å². The summed E-state index contributed by atoms with van der Waals surface area (Å²) in [6, 6.07) is 136. The molecule has 0 spiro atoms. The molecule has 516 valence electrons. The molecule has 0 saturated heterocycles. The van der Waals surface area contributed by atoms with Crippen LogP contribution < -0.4 is 76.1 Å². The smallest absolute Gasteiger partial charge is 0.290 e. The second kappa shape index (κ2) is 26.6. The molecule has 0 unspecified atom stereocenters. The summed E-state index contributed by atoms with van der Waals surface area (Å²) in [5, 5.41) is 6.70. The fraction of sp³-hybridized carbons (Fsp3) is 0. The van der Waals surface area contributed by atoms with Gasteiger partial charge in [-0.15, -0.1) is 0 Å². The molecule has 0 atom stereocenters. The molecule has 3 aliphatic heterocycles. The minimum Gasteiger partial charge on any atom is -0.471 e. The van der Waals surface area contributed by atoms with Gasteiger partial charge in [0.15, 0.2) is 0 Å².